The van der Waals surface area contributed by atoms with Crippen molar-refractivity contribution in [3.63, 3.8) is 0 Å². The van der Waals surface area contributed by atoms with E-state index in [0.717, 1.165) is 35.1 Å². The van der Waals surface area contributed by atoms with E-state index in [2.05, 4.69) is 0 Å². The lowest BCUT2D eigenvalue weighted by atomic mass is 9.79. The molecule has 206 valence electrons. The molecule has 3 aromatic rings. The molecular formula is C31H35ClN2O5. The molecule has 39 heavy (non-hydrogen) atoms. The Hall–Kier alpha value is -3.13. The summed E-state index contributed by atoms with van der Waals surface area (Å²) in [5.41, 5.74) is 2.40. The highest BCUT2D eigenvalue weighted by molar-refractivity contribution is 6.30. The summed E-state index contributed by atoms with van der Waals surface area (Å²) in [6.07, 6.45) is 3.41. The van der Waals surface area contributed by atoms with Crippen molar-refractivity contribution in [3.8, 4) is 11.5 Å². The van der Waals surface area contributed by atoms with Crippen LogP contribution in [-0.2, 0) is 21.6 Å². The van der Waals surface area contributed by atoms with E-state index in [4.69, 9.17) is 30.8 Å². The lowest BCUT2D eigenvalue weighted by Crippen LogP contribution is -2.41. The summed E-state index contributed by atoms with van der Waals surface area (Å²) in [4.78, 5) is 20.2. The molecule has 3 heterocycles. The van der Waals surface area contributed by atoms with E-state index in [0.29, 0.717) is 35.6 Å². The minimum Gasteiger partial charge on any atom is -0.493 e. The number of carbonyl (C=O) groups is 1. The van der Waals surface area contributed by atoms with Gasteiger partial charge in [-0.15, -0.1) is 0 Å². The van der Waals surface area contributed by atoms with E-state index in [1.54, 1.807) is 18.2 Å². The number of hydrogen-bond donors (Lipinski definition) is 1. The Balaban J connectivity index is 1.58. The average Bonchev–Trinajstić information content (AvgIpc) is 2.93. The van der Waals surface area contributed by atoms with Gasteiger partial charge in [-0.25, -0.2) is 4.98 Å². The molecule has 2 aromatic carbocycles. The second-order valence-corrected chi connectivity index (χ2v) is 11.1. The van der Waals surface area contributed by atoms with Crippen LogP contribution in [0.1, 0.15) is 61.9 Å². The number of halogens is 1. The lowest BCUT2D eigenvalue weighted by molar-refractivity contribution is -0.118. The molecule has 1 aromatic heterocycles. The topological polar surface area (TPSA) is 81.1 Å². The molecule has 2 aliphatic rings. The summed E-state index contributed by atoms with van der Waals surface area (Å²) in [5.74, 6) is 1.73. The van der Waals surface area contributed by atoms with Crippen LogP contribution >= 0.6 is 11.6 Å². The highest BCUT2D eigenvalue weighted by Crippen LogP contribution is 2.44. The number of aromatic nitrogens is 1. The van der Waals surface area contributed by atoms with Gasteiger partial charge in [-0.05, 0) is 86.6 Å². The molecule has 0 bridgehead atoms. The van der Waals surface area contributed by atoms with Gasteiger partial charge in [0.2, 0.25) is 5.91 Å². The molecule has 5 rings (SSSR count). The number of carbonyl (C=O) groups excluding carboxylic acids is 1. The molecule has 8 heteroatoms. The fourth-order valence-corrected chi connectivity index (χ4v) is 5.75. The number of methoxy groups -OCH3 is 1. The molecule has 0 spiro atoms. The van der Waals surface area contributed by atoms with Crippen molar-refractivity contribution < 1.29 is 24.1 Å². The molecule has 0 saturated carbocycles. The number of pyridine rings is 1. The van der Waals surface area contributed by atoms with Gasteiger partial charge in [0.1, 0.15) is 5.82 Å². The highest BCUT2D eigenvalue weighted by Gasteiger charge is 2.38. The minimum absolute atomic E-state index is 0.0509. The molecule has 2 atom stereocenters. The van der Waals surface area contributed by atoms with E-state index in [1.165, 1.54) is 0 Å². The van der Waals surface area contributed by atoms with Crippen LogP contribution in [0.25, 0.3) is 0 Å². The molecule has 0 aliphatic carbocycles. The van der Waals surface area contributed by atoms with Gasteiger partial charge in [-0.2, -0.15) is 0 Å². The minimum atomic E-state index is -1.04. The highest BCUT2D eigenvalue weighted by atomic mass is 35.5. The largest absolute Gasteiger partial charge is 0.493 e. The monoisotopic (exact) mass is 550 g/mol. The molecule has 1 fully saturated rings. The third-order valence-electron chi connectivity index (χ3n) is 7.73. The molecule has 1 N–H and O–H groups in total. The van der Waals surface area contributed by atoms with Crippen molar-refractivity contribution in [2.24, 2.45) is 5.92 Å². The fourth-order valence-electron chi connectivity index (χ4n) is 5.62. The van der Waals surface area contributed by atoms with Crippen LogP contribution in [0.2, 0.25) is 5.02 Å². The zero-order valence-corrected chi connectivity index (χ0v) is 23.6. The summed E-state index contributed by atoms with van der Waals surface area (Å²) in [5, 5.41) is 12.0. The molecule has 2 aliphatic heterocycles. The first kappa shape index (κ1) is 27.4. The summed E-state index contributed by atoms with van der Waals surface area (Å²) >= 11 is 6.22. The summed E-state index contributed by atoms with van der Waals surface area (Å²) in [6.45, 7) is 7.05. The maximum Gasteiger partial charge on any atom is 0.233 e. The van der Waals surface area contributed by atoms with Crippen molar-refractivity contribution in [3.05, 3.63) is 82.0 Å². The van der Waals surface area contributed by atoms with Gasteiger partial charge < -0.3 is 19.3 Å². The predicted molar refractivity (Wildman–Crippen MR) is 151 cm³/mol. The van der Waals surface area contributed by atoms with Crippen molar-refractivity contribution in [1.29, 1.82) is 0 Å². The van der Waals surface area contributed by atoms with Crippen LogP contribution in [0.15, 0.2) is 54.7 Å². The number of amides is 1. The van der Waals surface area contributed by atoms with Gasteiger partial charge in [-0.3, -0.25) is 9.69 Å². The Labute approximate surface area is 234 Å². The van der Waals surface area contributed by atoms with Gasteiger partial charge in [0.05, 0.1) is 31.3 Å². The molecule has 1 saturated heterocycles. The lowest BCUT2D eigenvalue weighted by Gasteiger charge is -2.38. The Morgan fingerprint density at radius 2 is 1.82 bits per heavy atom. The van der Waals surface area contributed by atoms with E-state index >= 15 is 0 Å². The number of hydrogen-bond acceptors (Lipinski definition) is 6. The molecule has 7 nitrogen and oxygen atoms in total. The number of fused-ring (bicyclic) bond motifs is 1. The molecular weight excluding hydrogens is 516 g/mol. The van der Waals surface area contributed by atoms with Gasteiger partial charge in [-0.1, -0.05) is 29.8 Å². The first-order chi connectivity index (χ1) is 18.7. The SMILES string of the molecule is COc1cc2c(cc1OC(C)C)C(c1ccc(Cl)cc1)N(c1ccc([C@@](C)(O)C3CCOCC3)cn1)C(=O)C2. The van der Waals surface area contributed by atoms with Crippen molar-refractivity contribution in [1.82, 2.24) is 4.98 Å². The molecule has 1 unspecified atom stereocenters. The number of rotatable bonds is 7. The van der Waals surface area contributed by atoms with Crippen molar-refractivity contribution in [2.75, 3.05) is 25.2 Å². The summed E-state index contributed by atoms with van der Waals surface area (Å²) < 4.78 is 17.2. The predicted octanol–water partition coefficient (Wildman–Crippen LogP) is 5.84. The first-order valence-electron chi connectivity index (χ1n) is 13.4. The van der Waals surface area contributed by atoms with Crippen LogP contribution in [-0.4, -0.2) is 42.4 Å². The van der Waals surface area contributed by atoms with E-state index in [1.807, 2.05) is 69.3 Å². The van der Waals surface area contributed by atoms with Gasteiger partial charge in [0.25, 0.3) is 0 Å². The van der Waals surface area contributed by atoms with Crippen LogP contribution < -0.4 is 14.4 Å². The Morgan fingerprint density at radius 3 is 2.44 bits per heavy atom. The van der Waals surface area contributed by atoms with Crippen LogP contribution in [0.5, 0.6) is 11.5 Å². The fraction of sp³-hybridized carbons (Fsp3) is 0.419. The smallest absolute Gasteiger partial charge is 0.233 e. The first-order valence-corrected chi connectivity index (χ1v) is 13.8. The zero-order valence-electron chi connectivity index (χ0n) is 22.8. The number of ether oxygens (including phenoxy) is 3. The maximum absolute atomic E-state index is 13.7. The van der Waals surface area contributed by atoms with Crippen molar-refractivity contribution >= 4 is 23.3 Å². The molecule has 1 amide bonds. The van der Waals surface area contributed by atoms with Gasteiger partial charge >= 0.3 is 0 Å². The number of benzene rings is 2. The summed E-state index contributed by atoms with van der Waals surface area (Å²) in [6, 6.07) is 14.6. The van der Waals surface area contributed by atoms with Gasteiger partial charge in [0, 0.05) is 30.0 Å². The summed E-state index contributed by atoms with van der Waals surface area (Å²) in [7, 11) is 1.60. The quantitative estimate of drug-likeness (QED) is 0.398. The molecule has 0 radical (unpaired) electrons. The number of nitrogens with zero attached hydrogens (tertiary/aromatic N) is 2. The standard InChI is InChI=1S/C31H35ClN2O5/c1-19(2)39-27-17-25-21(15-26(27)37-4)16-29(35)34(30(25)20-5-8-24(32)9-6-20)28-10-7-23(18-33-28)31(3,36)22-11-13-38-14-12-22/h5-10,15,17-19,22,30,36H,11-14,16H2,1-4H3/t30?,31-/m0/s1. The van der Waals surface area contributed by atoms with E-state index < -0.39 is 11.6 Å². The number of anilines is 1. The zero-order chi connectivity index (χ0) is 27.7. The van der Waals surface area contributed by atoms with Crippen LogP contribution in [0.4, 0.5) is 5.82 Å². The van der Waals surface area contributed by atoms with Gasteiger partial charge in [0.15, 0.2) is 11.5 Å². The third kappa shape index (κ3) is 5.49. The average molecular weight is 551 g/mol. The van der Waals surface area contributed by atoms with Crippen LogP contribution in [0, 0.1) is 5.92 Å². The Bertz CT molecular complexity index is 1320. The Kier molecular flexibility index (Phi) is 7.85. The Morgan fingerprint density at radius 1 is 1.10 bits per heavy atom. The maximum atomic E-state index is 13.7. The number of aliphatic hydroxyl groups is 1. The third-order valence-corrected chi connectivity index (χ3v) is 7.98. The normalized spacial score (nSPS) is 19.5. The van der Waals surface area contributed by atoms with E-state index in [9.17, 15) is 9.90 Å². The van der Waals surface area contributed by atoms with Crippen molar-refractivity contribution in [2.45, 2.75) is 57.8 Å². The van der Waals surface area contributed by atoms with Crippen LogP contribution in [0.3, 0.4) is 0 Å². The second-order valence-electron chi connectivity index (χ2n) is 10.7. The van der Waals surface area contributed by atoms with E-state index in [-0.39, 0.29) is 24.3 Å². The second kappa shape index (κ2) is 11.2.